The smallest absolute Gasteiger partial charge is 0.180 e. The molecular formula is C22H29Cl4NO2. The van der Waals surface area contributed by atoms with Crippen LogP contribution < -0.4 is 14.8 Å². The first kappa shape index (κ1) is 26.2. The van der Waals surface area contributed by atoms with Gasteiger partial charge < -0.3 is 14.8 Å². The van der Waals surface area contributed by atoms with Crippen molar-refractivity contribution in [3.63, 3.8) is 0 Å². The fourth-order valence-electron chi connectivity index (χ4n) is 2.89. The third-order valence-electron chi connectivity index (χ3n) is 4.46. The second-order valence-electron chi connectivity index (χ2n) is 6.72. The average Bonchev–Trinajstić information content (AvgIpc) is 2.67. The van der Waals surface area contributed by atoms with Crippen LogP contribution in [0.5, 0.6) is 11.5 Å². The summed E-state index contributed by atoms with van der Waals surface area (Å²) in [6.07, 6.45) is 6.35. The third-order valence-corrected chi connectivity index (χ3v) is 5.33. The van der Waals surface area contributed by atoms with Crippen molar-refractivity contribution < 1.29 is 9.47 Å². The van der Waals surface area contributed by atoms with Gasteiger partial charge in [-0.05, 0) is 42.8 Å². The Balaban J connectivity index is 0.00000420. The minimum absolute atomic E-state index is 0. The lowest BCUT2D eigenvalue weighted by molar-refractivity contribution is 0.284. The summed E-state index contributed by atoms with van der Waals surface area (Å²) in [4.78, 5) is 0. The van der Waals surface area contributed by atoms with Crippen LogP contribution in [0.3, 0.4) is 0 Å². The zero-order valence-corrected chi connectivity index (χ0v) is 20.0. The van der Waals surface area contributed by atoms with E-state index in [0.29, 0.717) is 26.6 Å². The predicted molar refractivity (Wildman–Crippen MR) is 127 cm³/mol. The van der Waals surface area contributed by atoms with Crippen molar-refractivity contribution in [3.8, 4) is 11.5 Å². The molecule has 0 heterocycles. The standard InChI is InChI=1S/C22H28Cl3NO2.ClH/c1-3-4-5-6-7-10-26-14-16-11-20(25)22(21(12-16)27-2)28-15-17-8-9-18(23)13-19(17)24;/h8-9,11-13,26H,3-7,10,14-15H2,1-2H3;1H. The van der Waals surface area contributed by atoms with E-state index in [4.69, 9.17) is 44.3 Å². The lowest BCUT2D eigenvalue weighted by Gasteiger charge is -2.15. The van der Waals surface area contributed by atoms with Crippen molar-refractivity contribution in [2.45, 2.75) is 52.2 Å². The summed E-state index contributed by atoms with van der Waals surface area (Å²) in [7, 11) is 1.61. The van der Waals surface area contributed by atoms with E-state index in [1.54, 1.807) is 19.2 Å². The number of halogens is 4. The van der Waals surface area contributed by atoms with Crippen molar-refractivity contribution in [1.82, 2.24) is 5.32 Å². The number of unbranched alkanes of at least 4 members (excludes halogenated alkanes) is 4. The molecule has 0 unspecified atom stereocenters. The second kappa shape index (κ2) is 14.2. The largest absolute Gasteiger partial charge is 0.493 e. The number of nitrogens with one attached hydrogen (secondary N) is 1. The molecule has 29 heavy (non-hydrogen) atoms. The van der Waals surface area contributed by atoms with Crippen molar-refractivity contribution in [2.24, 2.45) is 0 Å². The van der Waals surface area contributed by atoms with Gasteiger partial charge in [0.05, 0.1) is 12.1 Å². The normalized spacial score (nSPS) is 10.5. The molecule has 0 spiro atoms. The highest BCUT2D eigenvalue weighted by molar-refractivity contribution is 6.35. The van der Waals surface area contributed by atoms with Crippen LogP contribution in [-0.4, -0.2) is 13.7 Å². The SMILES string of the molecule is CCCCCCCNCc1cc(Cl)c(OCc2ccc(Cl)cc2Cl)c(OC)c1.Cl. The highest BCUT2D eigenvalue weighted by Gasteiger charge is 2.13. The highest BCUT2D eigenvalue weighted by Crippen LogP contribution is 2.37. The van der Waals surface area contributed by atoms with E-state index in [-0.39, 0.29) is 19.0 Å². The Hall–Kier alpha value is -0.840. The Labute approximate surface area is 195 Å². The first-order valence-corrected chi connectivity index (χ1v) is 10.8. The molecule has 0 saturated carbocycles. The van der Waals surface area contributed by atoms with Gasteiger partial charge in [-0.1, -0.05) is 73.5 Å². The quantitative estimate of drug-likeness (QED) is 0.315. The Morgan fingerprint density at radius 3 is 2.38 bits per heavy atom. The van der Waals surface area contributed by atoms with E-state index in [1.807, 2.05) is 18.2 Å². The fraction of sp³-hybridized carbons (Fsp3) is 0.455. The predicted octanol–water partition coefficient (Wildman–Crippen LogP) is 7.72. The summed E-state index contributed by atoms with van der Waals surface area (Å²) >= 11 is 18.6. The lowest BCUT2D eigenvalue weighted by Crippen LogP contribution is -2.14. The number of rotatable bonds is 12. The molecule has 7 heteroatoms. The van der Waals surface area contributed by atoms with Crippen LogP contribution in [-0.2, 0) is 13.2 Å². The monoisotopic (exact) mass is 479 g/mol. The van der Waals surface area contributed by atoms with E-state index >= 15 is 0 Å². The molecule has 2 aromatic rings. The molecule has 0 atom stereocenters. The molecule has 162 valence electrons. The molecule has 0 radical (unpaired) electrons. The Morgan fingerprint density at radius 1 is 0.931 bits per heavy atom. The summed E-state index contributed by atoms with van der Waals surface area (Å²) in [6.45, 7) is 4.25. The zero-order valence-electron chi connectivity index (χ0n) is 16.9. The molecular weight excluding hydrogens is 452 g/mol. The van der Waals surface area contributed by atoms with Gasteiger partial charge in [0.1, 0.15) is 6.61 Å². The molecule has 0 saturated heterocycles. The molecule has 0 aliphatic carbocycles. The van der Waals surface area contributed by atoms with E-state index in [0.717, 1.165) is 24.2 Å². The summed E-state index contributed by atoms with van der Waals surface area (Å²) in [5.41, 5.74) is 1.89. The molecule has 1 N–H and O–H groups in total. The van der Waals surface area contributed by atoms with Gasteiger partial charge in [0.25, 0.3) is 0 Å². The van der Waals surface area contributed by atoms with Crippen LogP contribution in [0.1, 0.15) is 50.2 Å². The van der Waals surface area contributed by atoms with Crippen LogP contribution in [0.15, 0.2) is 30.3 Å². The molecule has 0 aromatic heterocycles. The van der Waals surface area contributed by atoms with Crippen LogP contribution in [0.4, 0.5) is 0 Å². The van der Waals surface area contributed by atoms with Crippen molar-refractivity contribution in [2.75, 3.05) is 13.7 Å². The Morgan fingerprint density at radius 2 is 1.69 bits per heavy atom. The minimum atomic E-state index is 0. The van der Waals surface area contributed by atoms with E-state index < -0.39 is 0 Å². The fourth-order valence-corrected chi connectivity index (χ4v) is 3.64. The minimum Gasteiger partial charge on any atom is -0.493 e. The summed E-state index contributed by atoms with van der Waals surface area (Å²) in [5, 5.41) is 5.13. The van der Waals surface area contributed by atoms with Gasteiger partial charge in [0, 0.05) is 22.2 Å². The number of hydrogen-bond donors (Lipinski definition) is 1. The van der Waals surface area contributed by atoms with Gasteiger partial charge in [-0.25, -0.2) is 0 Å². The molecule has 2 rings (SSSR count). The van der Waals surface area contributed by atoms with Crippen LogP contribution in [0, 0.1) is 0 Å². The van der Waals surface area contributed by atoms with E-state index in [9.17, 15) is 0 Å². The summed E-state index contributed by atoms with van der Waals surface area (Å²) < 4.78 is 11.4. The Bertz CT molecular complexity index is 756. The first-order valence-electron chi connectivity index (χ1n) is 9.69. The third kappa shape index (κ3) is 8.82. The topological polar surface area (TPSA) is 30.5 Å². The highest BCUT2D eigenvalue weighted by atomic mass is 35.5. The lowest BCUT2D eigenvalue weighted by atomic mass is 10.1. The second-order valence-corrected chi connectivity index (χ2v) is 7.98. The maximum Gasteiger partial charge on any atom is 0.180 e. The van der Waals surface area contributed by atoms with Gasteiger partial charge in [-0.2, -0.15) is 0 Å². The average molecular weight is 481 g/mol. The Kier molecular flexibility index (Phi) is 12.8. The molecule has 0 amide bonds. The summed E-state index contributed by atoms with van der Waals surface area (Å²) in [6, 6.07) is 9.17. The van der Waals surface area contributed by atoms with Gasteiger partial charge >= 0.3 is 0 Å². The zero-order chi connectivity index (χ0) is 20.4. The first-order chi connectivity index (χ1) is 13.5. The van der Waals surface area contributed by atoms with E-state index in [1.165, 1.54) is 32.1 Å². The molecule has 0 fully saturated rings. The number of methoxy groups -OCH3 is 1. The maximum atomic E-state index is 6.45. The van der Waals surface area contributed by atoms with E-state index in [2.05, 4.69) is 12.2 Å². The van der Waals surface area contributed by atoms with Crippen LogP contribution in [0.25, 0.3) is 0 Å². The number of benzene rings is 2. The number of ether oxygens (including phenoxy) is 2. The van der Waals surface area contributed by atoms with Gasteiger partial charge in [0.2, 0.25) is 0 Å². The van der Waals surface area contributed by atoms with Crippen LogP contribution in [0.2, 0.25) is 15.1 Å². The van der Waals surface area contributed by atoms with Crippen LogP contribution >= 0.6 is 47.2 Å². The van der Waals surface area contributed by atoms with Gasteiger partial charge in [0.15, 0.2) is 11.5 Å². The maximum absolute atomic E-state index is 6.45. The summed E-state index contributed by atoms with van der Waals surface area (Å²) in [5.74, 6) is 1.12. The van der Waals surface area contributed by atoms with Gasteiger partial charge in [-0.15, -0.1) is 12.4 Å². The molecule has 0 bridgehead atoms. The van der Waals surface area contributed by atoms with Gasteiger partial charge in [-0.3, -0.25) is 0 Å². The van der Waals surface area contributed by atoms with Crippen molar-refractivity contribution in [1.29, 1.82) is 0 Å². The number of hydrogen-bond acceptors (Lipinski definition) is 3. The van der Waals surface area contributed by atoms with Crippen molar-refractivity contribution >= 4 is 47.2 Å². The molecule has 0 aliphatic heterocycles. The molecule has 0 aliphatic rings. The molecule has 2 aromatic carbocycles. The van der Waals surface area contributed by atoms with Crippen molar-refractivity contribution in [3.05, 3.63) is 56.5 Å². The molecule has 3 nitrogen and oxygen atoms in total.